The van der Waals surface area contributed by atoms with Gasteiger partial charge in [-0.25, -0.2) is 0 Å². The van der Waals surface area contributed by atoms with Crippen molar-refractivity contribution in [3.8, 4) is 0 Å². The van der Waals surface area contributed by atoms with Crippen LogP contribution in [0, 0.1) is 5.92 Å². The molecule has 0 amide bonds. The molecule has 4 heteroatoms. The summed E-state index contributed by atoms with van der Waals surface area (Å²) in [4.78, 5) is 2.63. The summed E-state index contributed by atoms with van der Waals surface area (Å²) >= 11 is 0. The fourth-order valence-electron chi connectivity index (χ4n) is 3.43. The lowest BCUT2D eigenvalue weighted by molar-refractivity contribution is 0.0293. The molecule has 0 aromatic carbocycles. The zero-order valence-corrected chi connectivity index (χ0v) is 11.9. The Balaban J connectivity index is 1.28. The zero-order valence-electron chi connectivity index (χ0n) is 11.9. The lowest BCUT2D eigenvalue weighted by Gasteiger charge is -2.35. The van der Waals surface area contributed by atoms with Gasteiger partial charge in [-0.3, -0.25) is 0 Å². The number of rotatable bonds is 7. The first-order valence-corrected chi connectivity index (χ1v) is 8.04. The van der Waals surface area contributed by atoms with Gasteiger partial charge in [0, 0.05) is 25.2 Å². The van der Waals surface area contributed by atoms with Crippen LogP contribution in [-0.2, 0) is 4.74 Å². The van der Waals surface area contributed by atoms with Crippen molar-refractivity contribution in [3.05, 3.63) is 0 Å². The Morgan fingerprint density at radius 3 is 2.95 bits per heavy atom. The molecule has 2 heterocycles. The average Bonchev–Trinajstić information content (AvgIpc) is 3.12. The van der Waals surface area contributed by atoms with E-state index in [4.69, 9.17) is 4.74 Å². The highest BCUT2D eigenvalue weighted by Crippen LogP contribution is 2.29. The molecule has 2 aliphatic heterocycles. The van der Waals surface area contributed by atoms with Gasteiger partial charge in [-0.05, 0) is 57.5 Å². The van der Waals surface area contributed by atoms with Crippen LogP contribution >= 0.6 is 0 Å². The summed E-state index contributed by atoms with van der Waals surface area (Å²) in [7, 11) is 0. The van der Waals surface area contributed by atoms with E-state index in [-0.39, 0.29) is 6.10 Å². The molecule has 4 nitrogen and oxygen atoms in total. The summed E-state index contributed by atoms with van der Waals surface area (Å²) in [5.74, 6) is 0.784. The molecule has 3 rings (SSSR count). The summed E-state index contributed by atoms with van der Waals surface area (Å²) in [6, 6.07) is 1.40. The van der Waals surface area contributed by atoms with E-state index in [0.717, 1.165) is 18.6 Å². The maximum Gasteiger partial charge on any atom is 0.0897 e. The molecule has 3 fully saturated rings. The van der Waals surface area contributed by atoms with Gasteiger partial charge < -0.3 is 20.1 Å². The Hall–Kier alpha value is -0.160. The van der Waals surface area contributed by atoms with Crippen molar-refractivity contribution >= 4 is 0 Å². The van der Waals surface area contributed by atoms with Crippen LogP contribution in [0.5, 0.6) is 0 Å². The minimum atomic E-state index is -0.347. The van der Waals surface area contributed by atoms with E-state index in [1.54, 1.807) is 0 Å². The number of hydrogen-bond acceptors (Lipinski definition) is 4. The molecule has 2 saturated heterocycles. The predicted octanol–water partition coefficient (Wildman–Crippen LogP) is 0.990. The van der Waals surface area contributed by atoms with E-state index in [0.29, 0.717) is 19.2 Å². The third-order valence-corrected chi connectivity index (χ3v) is 4.82. The van der Waals surface area contributed by atoms with Gasteiger partial charge in [-0.1, -0.05) is 0 Å². The van der Waals surface area contributed by atoms with Crippen molar-refractivity contribution in [1.82, 2.24) is 10.2 Å². The smallest absolute Gasteiger partial charge is 0.0897 e. The van der Waals surface area contributed by atoms with Crippen molar-refractivity contribution in [3.63, 3.8) is 0 Å². The molecule has 0 bridgehead atoms. The lowest BCUT2D eigenvalue weighted by atomic mass is 9.97. The molecule has 2 N–H and O–H groups in total. The van der Waals surface area contributed by atoms with Gasteiger partial charge in [0.15, 0.2) is 0 Å². The van der Waals surface area contributed by atoms with Crippen molar-refractivity contribution in [2.75, 3.05) is 32.8 Å². The van der Waals surface area contributed by atoms with Gasteiger partial charge >= 0.3 is 0 Å². The fourth-order valence-corrected chi connectivity index (χ4v) is 3.43. The van der Waals surface area contributed by atoms with E-state index in [1.165, 1.54) is 51.6 Å². The molecule has 1 saturated carbocycles. The van der Waals surface area contributed by atoms with Gasteiger partial charge in [0.25, 0.3) is 0 Å². The first-order chi connectivity index (χ1) is 9.31. The molecule has 3 aliphatic rings. The van der Waals surface area contributed by atoms with Crippen LogP contribution < -0.4 is 5.32 Å². The third kappa shape index (κ3) is 4.15. The molecule has 0 spiro atoms. The van der Waals surface area contributed by atoms with E-state index >= 15 is 0 Å². The summed E-state index contributed by atoms with van der Waals surface area (Å²) in [6.45, 7) is 4.55. The molecule has 0 aromatic heterocycles. The SMILES string of the molecule is OC(CNC1CCN2CCCC2C1)COCC1CC1. The third-order valence-electron chi connectivity index (χ3n) is 4.82. The molecule has 0 radical (unpaired) electrons. The van der Waals surface area contributed by atoms with Gasteiger partial charge in [0.2, 0.25) is 0 Å². The summed E-state index contributed by atoms with van der Waals surface area (Å²) in [5.41, 5.74) is 0. The number of nitrogens with one attached hydrogen (secondary N) is 1. The molecule has 0 aromatic rings. The van der Waals surface area contributed by atoms with Gasteiger partial charge in [0.05, 0.1) is 12.7 Å². The second kappa shape index (κ2) is 6.53. The Labute approximate surface area is 116 Å². The average molecular weight is 268 g/mol. The molecular formula is C15H28N2O2. The fraction of sp³-hybridized carbons (Fsp3) is 1.00. The minimum absolute atomic E-state index is 0.347. The van der Waals surface area contributed by atoms with Crippen LogP contribution in [-0.4, -0.2) is 61.0 Å². The summed E-state index contributed by atoms with van der Waals surface area (Å²) < 4.78 is 5.53. The predicted molar refractivity (Wildman–Crippen MR) is 75.2 cm³/mol. The highest BCUT2D eigenvalue weighted by atomic mass is 16.5. The van der Waals surface area contributed by atoms with Crippen LogP contribution in [0.1, 0.15) is 38.5 Å². The Morgan fingerprint density at radius 2 is 2.11 bits per heavy atom. The van der Waals surface area contributed by atoms with Crippen LogP contribution in [0.15, 0.2) is 0 Å². The first kappa shape index (κ1) is 13.8. The lowest BCUT2D eigenvalue weighted by Crippen LogP contribution is -2.47. The first-order valence-electron chi connectivity index (χ1n) is 8.04. The van der Waals surface area contributed by atoms with Crippen LogP contribution in [0.25, 0.3) is 0 Å². The van der Waals surface area contributed by atoms with Crippen molar-refractivity contribution in [1.29, 1.82) is 0 Å². The van der Waals surface area contributed by atoms with Crippen LogP contribution in [0.3, 0.4) is 0 Å². The number of nitrogens with zero attached hydrogens (tertiary/aromatic N) is 1. The summed E-state index contributed by atoms with van der Waals surface area (Å²) in [5, 5.41) is 13.4. The largest absolute Gasteiger partial charge is 0.389 e. The van der Waals surface area contributed by atoms with E-state index < -0.39 is 0 Å². The number of fused-ring (bicyclic) bond motifs is 1. The number of hydrogen-bond donors (Lipinski definition) is 2. The summed E-state index contributed by atoms with van der Waals surface area (Å²) in [6.07, 6.45) is 7.50. The number of ether oxygens (including phenoxy) is 1. The normalized spacial score (nSPS) is 33.3. The Kier molecular flexibility index (Phi) is 4.74. The van der Waals surface area contributed by atoms with E-state index in [9.17, 15) is 5.11 Å². The van der Waals surface area contributed by atoms with Crippen LogP contribution in [0.2, 0.25) is 0 Å². The Morgan fingerprint density at radius 1 is 1.21 bits per heavy atom. The van der Waals surface area contributed by atoms with Gasteiger partial charge in [-0.15, -0.1) is 0 Å². The minimum Gasteiger partial charge on any atom is -0.389 e. The van der Waals surface area contributed by atoms with Crippen molar-refractivity contribution in [2.24, 2.45) is 5.92 Å². The molecule has 3 unspecified atom stereocenters. The maximum atomic E-state index is 9.90. The second-order valence-electron chi connectivity index (χ2n) is 6.60. The molecular weight excluding hydrogens is 240 g/mol. The highest BCUT2D eigenvalue weighted by Gasteiger charge is 2.31. The Bertz CT molecular complexity index is 283. The number of piperidine rings is 1. The molecule has 3 atom stereocenters. The van der Waals surface area contributed by atoms with Crippen molar-refractivity contribution in [2.45, 2.75) is 56.7 Å². The van der Waals surface area contributed by atoms with E-state index in [1.807, 2.05) is 0 Å². The maximum absolute atomic E-state index is 9.90. The van der Waals surface area contributed by atoms with Gasteiger partial charge in [-0.2, -0.15) is 0 Å². The molecule has 1 aliphatic carbocycles. The standard InChI is InChI=1S/C15H28N2O2/c18-15(11-19-10-12-3-4-12)9-16-13-5-7-17-6-1-2-14(17)8-13/h12-16,18H,1-11H2. The number of aliphatic hydroxyl groups is 1. The van der Waals surface area contributed by atoms with Gasteiger partial charge in [0.1, 0.15) is 0 Å². The molecule has 110 valence electrons. The van der Waals surface area contributed by atoms with Crippen LogP contribution in [0.4, 0.5) is 0 Å². The van der Waals surface area contributed by atoms with E-state index in [2.05, 4.69) is 10.2 Å². The molecule has 19 heavy (non-hydrogen) atoms. The second-order valence-corrected chi connectivity index (χ2v) is 6.60. The van der Waals surface area contributed by atoms with Crippen molar-refractivity contribution < 1.29 is 9.84 Å². The highest BCUT2D eigenvalue weighted by molar-refractivity contribution is 4.89. The topological polar surface area (TPSA) is 44.7 Å². The monoisotopic (exact) mass is 268 g/mol. The number of aliphatic hydroxyl groups excluding tert-OH is 1. The quantitative estimate of drug-likeness (QED) is 0.723. The zero-order chi connectivity index (χ0) is 13.1.